The van der Waals surface area contributed by atoms with E-state index in [9.17, 15) is 13.6 Å². The molecule has 0 aliphatic carbocycles. The van der Waals surface area contributed by atoms with E-state index in [4.69, 9.17) is 0 Å². The van der Waals surface area contributed by atoms with Crippen molar-refractivity contribution in [3.8, 4) is 0 Å². The highest BCUT2D eigenvalue weighted by molar-refractivity contribution is 6.02. The second-order valence-corrected chi connectivity index (χ2v) is 5.14. The lowest BCUT2D eigenvalue weighted by atomic mass is 10.1. The van der Waals surface area contributed by atoms with Gasteiger partial charge in [-0.05, 0) is 38.1 Å². The van der Waals surface area contributed by atoms with E-state index in [2.05, 4.69) is 20.9 Å². The first-order valence-electron chi connectivity index (χ1n) is 7.02. The first-order valence-corrected chi connectivity index (χ1v) is 7.02. The van der Waals surface area contributed by atoms with Crippen molar-refractivity contribution in [2.24, 2.45) is 0 Å². The molecule has 23 heavy (non-hydrogen) atoms. The van der Waals surface area contributed by atoms with E-state index in [0.29, 0.717) is 6.07 Å². The number of carbonyl (C=O) groups is 1. The van der Waals surface area contributed by atoms with E-state index in [1.165, 1.54) is 6.07 Å². The molecule has 1 aromatic heterocycles. The highest BCUT2D eigenvalue weighted by atomic mass is 35.5. The number of benzene rings is 1. The summed E-state index contributed by atoms with van der Waals surface area (Å²) in [7, 11) is 0. The van der Waals surface area contributed by atoms with Crippen molar-refractivity contribution in [2.75, 3.05) is 18.4 Å². The fourth-order valence-electron chi connectivity index (χ4n) is 2.41. The Morgan fingerprint density at radius 3 is 2.74 bits per heavy atom. The van der Waals surface area contributed by atoms with Gasteiger partial charge in [-0.3, -0.25) is 4.79 Å². The Kier molecular flexibility index (Phi) is 5.62. The molecular weight excluding hydrogens is 328 g/mol. The van der Waals surface area contributed by atoms with E-state index >= 15 is 0 Å². The third-order valence-electron chi connectivity index (χ3n) is 3.61. The van der Waals surface area contributed by atoms with Crippen molar-refractivity contribution >= 4 is 24.0 Å². The van der Waals surface area contributed by atoms with E-state index in [1.807, 2.05) is 0 Å². The average molecular weight is 344 g/mol. The Morgan fingerprint density at radius 1 is 1.30 bits per heavy atom. The molecule has 0 spiro atoms. The van der Waals surface area contributed by atoms with Crippen LogP contribution in [0, 0.1) is 11.6 Å². The predicted octanol–water partition coefficient (Wildman–Crippen LogP) is 2.15. The Hall–Kier alpha value is -2.06. The molecule has 0 atom stereocenters. The fourth-order valence-corrected chi connectivity index (χ4v) is 2.41. The van der Waals surface area contributed by atoms with Crippen LogP contribution in [0.5, 0.6) is 0 Å². The van der Waals surface area contributed by atoms with Crippen LogP contribution in [0.25, 0.3) is 0 Å². The van der Waals surface area contributed by atoms with Gasteiger partial charge in [0.15, 0.2) is 5.69 Å². The maximum absolute atomic E-state index is 13.5. The zero-order chi connectivity index (χ0) is 15.5. The molecule has 0 saturated carbocycles. The fraction of sp³-hybridized carbons (Fsp3) is 0.357. The number of halogens is 3. The maximum Gasteiger partial charge on any atom is 0.277 e. The summed E-state index contributed by atoms with van der Waals surface area (Å²) in [4.78, 5) is 12.0. The number of anilines is 1. The third-order valence-corrected chi connectivity index (χ3v) is 3.61. The summed E-state index contributed by atoms with van der Waals surface area (Å²) >= 11 is 0. The number of nitrogens with zero attached hydrogens (tertiary/aromatic N) is 3. The van der Waals surface area contributed by atoms with Crippen LogP contribution in [0.2, 0.25) is 0 Å². The van der Waals surface area contributed by atoms with Crippen molar-refractivity contribution in [3.63, 3.8) is 0 Å². The number of aromatic nitrogens is 3. The van der Waals surface area contributed by atoms with Crippen molar-refractivity contribution in [1.29, 1.82) is 0 Å². The molecule has 9 heteroatoms. The van der Waals surface area contributed by atoms with Gasteiger partial charge in [-0.2, -0.15) is 0 Å². The van der Waals surface area contributed by atoms with Gasteiger partial charge in [0.05, 0.1) is 17.9 Å². The molecule has 1 aliphatic heterocycles. The normalized spacial score (nSPS) is 15.0. The summed E-state index contributed by atoms with van der Waals surface area (Å²) in [6.45, 7) is 1.79. The highest BCUT2D eigenvalue weighted by Crippen LogP contribution is 2.18. The molecule has 1 amide bonds. The molecule has 3 rings (SSSR count). The van der Waals surface area contributed by atoms with Gasteiger partial charge in [0.25, 0.3) is 5.91 Å². The van der Waals surface area contributed by atoms with E-state index in [1.54, 1.807) is 10.9 Å². The van der Waals surface area contributed by atoms with Gasteiger partial charge >= 0.3 is 0 Å². The van der Waals surface area contributed by atoms with Gasteiger partial charge in [-0.25, -0.2) is 13.5 Å². The van der Waals surface area contributed by atoms with Crippen LogP contribution in [0.1, 0.15) is 29.4 Å². The Labute approximate surface area is 137 Å². The largest absolute Gasteiger partial charge is 0.318 e. The molecule has 2 aromatic rings. The lowest BCUT2D eigenvalue weighted by Gasteiger charge is -2.22. The standard InChI is InChI=1S/C14H15F2N5O.ClH/c15-9-1-2-12(11(16)7-9)18-14(22)13-8-21(20-19-13)10-3-5-17-6-4-10;/h1-2,7-8,10,17H,3-6H2,(H,18,22);1H. The number of rotatable bonds is 3. The van der Waals surface area contributed by atoms with Crippen molar-refractivity contribution in [2.45, 2.75) is 18.9 Å². The van der Waals surface area contributed by atoms with Gasteiger partial charge in [0.1, 0.15) is 11.6 Å². The minimum Gasteiger partial charge on any atom is -0.318 e. The first-order chi connectivity index (χ1) is 10.6. The molecule has 0 unspecified atom stereocenters. The Morgan fingerprint density at radius 2 is 2.04 bits per heavy atom. The second-order valence-electron chi connectivity index (χ2n) is 5.14. The number of piperidine rings is 1. The lowest BCUT2D eigenvalue weighted by molar-refractivity contribution is 0.102. The molecule has 0 radical (unpaired) electrons. The molecule has 1 aliphatic rings. The first kappa shape index (κ1) is 17.3. The molecule has 2 heterocycles. The van der Waals surface area contributed by atoms with Gasteiger partial charge in [-0.1, -0.05) is 5.21 Å². The minimum absolute atomic E-state index is 0. The van der Waals surface area contributed by atoms with Crippen LogP contribution >= 0.6 is 12.4 Å². The van der Waals surface area contributed by atoms with Gasteiger partial charge in [0, 0.05) is 6.07 Å². The molecule has 1 saturated heterocycles. The van der Waals surface area contributed by atoms with E-state index in [-0.39, 0.29) is 29.8 Å². The maximum atomic E-state index is 13.5. The minimum atomic E-state index is -0.834. The summed E-state index contributed by atoms with van der Waals surface area (Å²) in [5.41, 5.74) is 0.00470. The van der Waals surface area contributed by atoms with Gasteiger partial charge in [0.2, 0.25) is 0 Å². The van der Waals surface area contributed by atoms with Crippen LogP contribution in [0.4, 0.5) is 14.5 Å². The van der Waals surface area contributed by atoms with Crippen LogP contribution < -0.4 is 10.6 Å². The Balaban J connectivity index is 0.00000192. The molecular formula is C14H16ClF2N5O. The van der Waals surface area contributed by atoms with Crippen LogP contribution in [0.3, 0.4) is 0 Å². The average Bonchev–Trinajstić information content (AvgIpc) is 3.01. The summed E-state index contributed by atoms with van der Waals surface area (Å²) < 4.78 is 28.0. The molecule has 2 N–H and O–H groups in total. The summed E-state index contributed by atoms with van der Waals surface area (Å²) in [5, 5.41) is 13.4. The smallest absolute Gasteiger partial charge is 0.277 e. The molecule has 1 aromatic carbocycles. The SMILES string of the molecule is Cl.O=C(Nc1ccc(F)cc1F)c1cn(C2CCNCC2)nn1. The highest BCUT2D eigenvalue weighted by Gasteiger charge is 2.19. The monoisotopic (exact) mass is 343 g/mol. The van der Waals surface area contributed by atoms with E-state index < -0.39 is 17.5 Å². The van der Waals surface area contributed by atoms with E-state index in [0.717, 1.165) is 32.0 Å². The van der Waals surface area contributed by atoms with Crippen LogP contribution in [-0.2, 0) is 0 Å². The number of amides is 1. The van der Waals surface area contributed by atoms with Crippen molar-refractivity contribution in [1.82, 2.24) is 20.3 Å². The molecule has 0 bridgehead atoms. The summed E-state index contributed by atoms with van der Waals surface area (Å²) in [6, 6.07) is 3.16. The molecule has 124 valence electrons. The summed E-state index contributed by atoms with van der Waals surface area (Å²) in [6.07, 6.45) is 3.38. The Bertz CT molecular complexity index is 688. The second kappa shape index (κ2) is 7.47. The molecule has 6 nitrogen and oxygen atoms in total. The van der Waals surface area contributed by atoms with Crippen LogP contribution in [-0.4, -0.2) is 34.0 Å². The molecule has 1 fully saturated rings. The van der Waals surface area contributed by atoms with Crippen molar-refractivity contribution < 1.29 is 13.6 Å². The van der Waals surface area contributed by atoms with Crippen LogP contribution in [0.15, 0.2) is 24.4 Å². The lowest BCUT2D eigenvalue weighted by Crippen LogP contribution is -2.29. The summed E-state index contributed by atoms with van der Waals surface area (Å²) in [5.74, 6) is -2.11. The van der Waals surface area contributed by atoms with Crippen molar-refractivity contribution in [3.05, 3.63) is 41.7 Å². The predicted molar refractivity (Wildman–Crippen MR) is 82.7 cm³/mol. The topological polar surface area (TPSA) is 71.8 Å². The zero-order valence-corrected chi connectivity index (χ0v) is 12.9. The number of carbonyl (C=O) groups excluding carboxylic acids is 1. The number of nitrogens with one attached hydrogen (secondary N) is 2. The quantitative estimate of drug-likeness (QED) is 0.895. The third kappa shape index (κ3) is 4.02. The number of hydrogen-bond donors (Lipinski definition) is 2. The van der Waals surface area contributed by atoms with Gasteiger partial charge in [-0.15, -0.1) is 17.5 Å². The number of hydrogen-bond acceptors (Lipinski definition) is 4. The zero-order valence-electron chi connectivity index (χ0n) is 12.1. The van der Waals surface area contributed by atoms with Gasteiger partial charge < -0.3 is 10.6 Å².